The van der Waals surface area contributed by atoms with Gasteiger partial charge in [-0.15, -0.1) is 11.8 Å². The van der Waals surface area contributed by atoms with E-state index in [9.17, 15) is 0 Å². The van der Waals surface area contributed by atoms with Crippen molar-refractivity contribution in [3.05, 3.63) is 18.2 Å². The van der Waals surface area contributed by atoms with Gasteiger partial charge in [-0.2, -0.15) is 4.98 Å². The monoisotopic (exact) mass is 195 g/mol. The summed E-state index contributed by atoms with van der Waals surface area (Å²) >= 11 is 1.63. The molecule has 0 aliphatic carbocycles. The predicted molar refractivity (Wildman–Crippen MR) is 52.3 cm³/mol. The summed E-state index contributed by atoms with van der Waals surface area (Å²) < 4.78 is 10.3. The predicted octanol–water partition coefficient (Wildman–Crippen LogP) is 2.56. The van der Waals surface area contributed by atoms with E-state index < -0.39 is 0 Å². The number of methoxy groups -OCH3 is 1. The smallest absolute Gasteiger partial charge is 0.394 e. The second-order valence-electron chi connectivity index (χ2n) is 2.49. The lowest BCUT2D eigenvalue weighted by Gasteiger charge is -1.93. The van der Waals surface area contributed by atoms with E-state index >= 15 is 0 Å². The largest absolute Gasteiger partial charge is 0.453 e. The fourth-order valence-electron chi connectivity index (χ4n) is 1.15. The van der Waals surface area contributed by atoms with Crippen molar-refractivity contribution in [3.8, 4) is 6.08 Å². The van der Waals surface area contributed by atoms with Crippen LogP contribution >= 0.6 is 11.8 Å². The summed E-state index contributed by atoms with van der Waals surface area (Å²) in [4.78, 5) is 5.21. The van der Waals surface area contributed by atoms with Gasteiger partial charge in [0.2, 0.25) is 0 Å². The first-order valence-electron chi connectivity index (χ1n) is 3.82. The van der Waals surface area contributed by atoms with Crippen LogP contribution in [0, 0.1) is 0 Å². The SMILES string of the molecule is COc1nc2cccc(SC)c2o1. The summed E-state index contributed by atoms with van der Waals surface area (Å²) in [5.41, 5.74) is 1.63. The summed E-state index contributed by atoms with van der Waals surface area (Å²) in [6.45, 7) is 0. The van der Waals surface area contributed by atoms with E-state index in [-0.39, 0.29) is 0 Å². The zero-order chi connectivity index (χ0) is 9.26. The second-order valence-corrected chi connectivity index (χ2v) is 3.34. The molecule has 1 aromatic heterocycles. The second kappa shape index (κ2) is 3.30. The van der Waals surface area contributed by atoms with Gasteiger partial charge in [0, 0.05) is 0 Å². The van der Waals surface area contributed by atoms with Crippen molar-refractivity contribution in [1.82, 2.24) is 4.98 Å². The summed E-state index contributed by atoms with van der Waals surface area (Å²) in [5.74, 6) is 0. The number of ether oxygens (including phenoxy) is 1. The lowest BCUT2D eigenvalue weighted by molar-refractivity contribution is 0.299. The number of hydrogen-bond donors (Lipinski definition) is 0. The normalized spacial score (nSPS) is 10.6. The molecule has 0 saturated heterocycles. The number of aromatic nitrogens is 1. The molecule has 4 heteroatoms. The molecule has 0 unspecified atom stereocenters. The number of fused-ring (bicyclic) bond motifs is 1. The molecule has 0 atom stereocenters. The minimum Gasteiger partial charge on any atom is -0.453 e. The Kier molecular flexibility index (Phi) is 2.14. The van der Waals surface area contributed by atoms with Crippen LogP contribution in [-0.4, -0.2) is 18.3 Å². The summed E-state index contributed by atoms with van der Waals surface area (Å²) in [6, 6.07) is 5.86. The molecule has 0 spiro atoms. The molecule has 0 amide bonds. The zero-order valence-electron chi connectivity index (χ0n) is 7.40. The molecule has 2 rings (SSSR count). The highest BCUT2D eigenvalue weighted by Crippen LogP contribution is 2.28. The van der Waals surface area contributed by atoms with Gasteiger partial charge in [-0.05, 0) is 18.4 Å². The highest BCUT2D eigenvalue weighted by molar-refractivity contribution is 7.98. The van der Waals surface area contributed by atoms with Gasteiger partial charge in [-0.25, -0.2) is 0 Å². The van der Waals surface area contributed by atoms with E-state index in [4.69, 9.17) is 9.15 Å². The highest BCUT2D eigenvalue weighted by atomic mass is 32.2. The van der Waals surface area contributed by atoms with Crippen molar-refractivity contribution in [3.63, 3.8) is 0 Å². The fraction of sp³-hybridized carbons (Fsp3) is 0.222. The third-order valence-corrected chi connectivity index (χ3v) is 2.52. The maximum Gasteiger partial charge on any atom is 0.394 e. The van der Waals surface area contributed by atoms with Crippen LogP contribution in [0.5, 0.6) is 6.08 Å². The van der Waals surface area contributed by atoms with Crippen molar-refractivity contribution in [1.29, 1.82) is 0 Å². The number of thioether (sulfide) groups is 1. The molecule has 2 aromatic rings. The lowest BCUT2D eigenvalue weighted by Crippen LogP contribution is -1.79. The molecule has 0 saturated carbocycles. The van der Waals surface area contributed by atoms with Crippen LogP contribution in [0.3, 0.4) is 0 Å². The van der Waals surface area contributed by atoms with Crippen molar-refractivity contribution in [2.45, 2.75) is 4.90 Å². The molecule has 1 aromatic carbocycles. The Morgan fingerprint density at radius 3 is 3.00 bits per heavy atom. The molecule has 1 heterocycles. The molecular weight excluding hydrogens is 186 g/mol. The Labute approximate surface area is 80.1 Å². The van der Waals surface area contributed by atoms with E-state index in [0.29, 0.717) is 6.08 Å². The molecule has 0 aliphatic heterocycles. The molecule has 0 aliphatic rings. The quantitative estimate of drug-likeness (QED) is 0.690. The average molecular weight is 195 g/mol. The number of hydrogen-bond acceptors (Lipinski definition) is 4. The van der Waals surface area contributed by atoms with Gasteiger partial charge in [0.25, 0.3) is 0 Å². The lowest BCUT2D eigenvalue weighted by atomic mass is 10.3. The molecule has 0 radical (unpaired) electrons. The Hall–Kier alpha value is -1.16. The first-order valence-corrected chi connectivity index (χ1v) is 5.05. The minimum absolute atomic E-state index is 0.316. The number of oxazole rings is 1. The number of benzene rings is 1. The van der Waals surface area contributed by atoms with E-state index in [1.165, 1.54) is 0 Å². The van der Waals surface area contributed by atoms with Crippen molar-refractivity contribution < 1.29 is 9.15 Å². The van der Waals surface area contributed by atoms with Gasteiger partial charge in [-0.3, -0.25) is 0 Å². The fourth-order valence-corrected chi connectivity index (χ4v) is 1.70. The standard InChI is InChI=1S/C9H9NO2S/c1-11-9-10-6-4-3-5-7(13-2)8(6)12-9/h3-5H,1-2H3. The Bertz CT molecular complexity index is 424. The molecule has 13 heavy (non-hydrogen) atoms. The first-order chi connectivity index (χ1) is 6.35. The van der Waals surface area contributed by atoms with E-state index in [0.717, 1.165) is 16.0 Å². The molecule has 0 N–H and O–H groups in total. The van der Waals surface area contributed by atoms with Gasteiger partial charge < -0.3 is 9.15 Å². The minimum atomic E-state index is 0.316. The number of rotatable bonds is 2. The summed E-state index contributed by atoms with van der Waals surface area (Å²) in [7, 11) is 1.55. The maximum absolute atomic E-state index is 5.39. The van der Waals surface area contributed by atoms with Crippen LogP contribution in [0.15, 0.2) is 27.5 Å². The van der Waals surface area contributed by atoms with Crippen molar-refractivity contribution in [2.75, 3.05) is 13.4 Å². The van der Waals surface area contributed by atoms with Crippen LogP contribution in [0.1, 0.15) is 0 Å². The summed E-state index contributed by atoms with van der Waals surface area (Å²) in [5, 5.41) is 0. The van der Waals surface area contributed by atoms with Crippen LogP contribution < -0.4 is 4.74 Å². The topological polar surface area (TPSA) is 35.3 Å². The molecule has 0 fully saturated rings. The van der Waals surface area contributed by atoms with E-state index in [2.05, 4.69) is 4.98 Å². The Morgan fingerprint density at radius 2 is 2.31 bits per heavy atom. The third kappa shape index (κ3) is 1.37. The molecule has 3 nitrogen and oxygen atoms in total. The number of nitrogens with zero attached hydrogens (tertiary/aromatic N) is 1. The van der Waals surface area contributed by atoms with Gasteiger partial charge >= 0.3 is 6.08 Å². The van der Waals surface area contributed by atoms with E-state index in [1.807, 2.05) is 24.5 Å². The van der Waals surface area contributed by atoms with Gasteiger partial charge in [-0.1, -0.05) is 6.07 Å². The Morgan fingerprint density at radius 1 is 1.46 bits per heavy atom. The van der Waals surface area contributed by atoms with Crippen molar-refractivity contribution >= 4 is 22.9 Å². The van der Waals surface area contributed by atoms with Gasteiger partial charge in [0.15, 0.2) is 5.58 Å². The molecule has 0 bridgehead atoms. The van der Waals surface area contributed by atoms with Gasteiger partial charge in [0.1, 0.15) is 5.52 Å². The molecular formula is C9H9NO2S. The van der Waals surface area contributed by atoms with Crippen LogP contribution in [0.25, 0.3) is 11.1 Å². The van der Waals surface area contributed by atoms with Crippen LogP contribution in [0.2, 0.25) is 0 Å². The summed E-state index contributed by atoms with van der Waals surface area (Å²) in [6.07, 6.45) is 2.32. The van der Waals surface area contributed by atoms with Crippen molar-refractivity contribution in [2.24, 2.45) is 0 Å². The highest BCUT2D eigenvalue weighted by Gasteiger charge is 2.08. The van der Waals surface area contributed by atoms with Gasteiger partial charge in [0.05, 0.1) is 12.0 Å². The third-order valence-electron chi connectivity index (χ3n) is 1.75. The van der Waals surface area contributed by atoms with Crippen LogP contribution in [-0.2, 0) is 0 Å². The average Bonchev–Trinajstić information content (AvgIpc) is 2.59. The maximum atomic E-state index is 5.39. The number of para-hydroxylation sites is 1. The van der Waals surface area contributed by atoms with Crippen LogP contribution in [0.4, 0.5) is 0 Å². The Balaban J connectivity index is 2.67. The van der Waals surface area contributed by atoms with E-state index in [1.54, 1.807) is 18.9 Å². The molecule has 68 valence electrons. The zero-order valence-corrected chi connectivity index (χ0v) is 8.22. The first kappa shape index (κ1) is 8.44.